The van der Waals surface area contributed by atoms with Crippen molar-refractivity contribution in [1.29, 1.82) is 5.26 Å². The molecule has 110 valence electrons. The molecule has 2 aromatic carbocycles. The van der Waals surface area contributed by atoms with Gasteiger partial charge in [0, 0.05) is 13.0 Å². The summed E-state index contributed by atoms with van der Waals surface area (Å²) >= 11 is 0. The molecular formula is C18H16N2O2. The van der Waals surface area contributed by atoms with E-state index in [0.717, 1.165) is 28.6 Å². The monoisotopic (exact) mass is 292 g/mol. The molecule has 0 unspecified atom stereocenters. The Labute approximate surface area is 128 Å². The highest BCUT2D eigenvalue weighted by Gasteiger charge is 2.08. The Morgan fingerprint density at radius 2 is 1.86 bits per heavy atom. The van der Waals surface area contributed by atoms with Gasteiger partial charge in [-0.05, 0) is 42.2 Å². The predicted molar refractivity (Wildman–Crippen MR) is 85.4 cm³/mol. The number of hydrogen-bond acceptors (Lipinski definition) is 3. The molecule has 4 heteroatoms. The lowest BCUT2D eigenvalue weighted by Crippen LogP contribution is -2.08. The number of aromatic nitrogens is 1. The normalized spacial score (nSPS) is 12.2. The second-order valence-electron chi connectivity index (χ2n) is 5.54. The maximum Gasteiger partial charge on any atom is 0.419 e. The van der Waals surface area contributed by atoms with Crippen molar-refractivity contribution in [1.82, 2.24) is 4.57 Å². The molecular weight excluding hydrogens is 276 g/mol. The van der Waals surface area contributed by atoms with Crippen LogP contribution in [0, 0.1) is 17.2 Å². The third kappa shape index (κ3) is 2.53. The molecule has 0 amide bonds. The summed E-state index contributed by atoms with van der Waals surface area (Å²) in [5.41, 5.74) is 4.63. The molecule has 3 aromatic rings. The van der Waals surface area contributed by atoms with Crippen LogP contribution in [0.3, 0.4) is 0 Å². The van der Waals surface area contributed by atoms with Crippen LogP contribution in [0.2, 0.25) is 0 Å². The lowest BCUT2D eigenvalue weighted by molar-refractivity contribution is 0.528. The zero-order valence-electron chi connectivity index (χ0n) is 12.5. The van der Waals surface area contributed by atoms with Crippen molar-refractivity contribution in [3.8, 4) is 17.2 Å². The van der Waals surface area contributed by atoms with Crippen LogP contribution in [-0.4, -0.2) is 4.57 Å². The number of rotatable bonds is 3. The minimum Gasteiger partial charge on any atom is -0.408 e. The Morgan fingerprint density at radius 3 is 2.55 bits per heavy atom. The van der Waals surface area contributed by atoms with Gasteiger partial charge in [-0.2, -0.15) is 5.26 Å². The fraction of sp³-hybridized carbons (Fsp3) is 0.222. The van der Waals surface area contributed by atoms with Gasteiger partial charge in [0.1, 0.15) is 0 Å². The van der Waals surface area contributed by atoms with Crippen molar-refractivity contribution >= 4 is 11.1 Å². The molecule has 0 aliphatic heterocycles. The predicted octanol–water partition coefficient (Wildman–Crippen LogP) is 3.50. The first-order valence-corrected chi connectivity index (χ1v) is 7.17. The molecule has 0 radical (unpaired) electrons. The van der Waals surface area contributed by atoms with Gasteiger partial charge in [-0.15, -0.1) is 0 Å². The summed E-state index contributed by atoms with van der Waals surface area (Å²) in [6.07, 6.45) is 0.756. The summed E-state index contributed by atoms with van der Waals surface area (Å²) in [6.45, 7) is 1.92. The number of nitrogens with zero attached hydrogens (tertiary/aromatic N) is 2. The third-order valence-corrected chi connectivity index (χ3v) is 3.84. The molecule has 0 spiro atoms. The fourth-order valence-electron chi connectivity index (χ4n) is 2.54. The minimum atomic E-state index is -0.354. The van der Waals surface area contributed by atoms with Crippen molar-refractivity contribution in [3.05, 3.63) is 58.6 Å². The van der Waals surface area contributed by atoms with Gasteiger partial charge in [0.05, 0.1) is 11.6 Å². The van der Waals surface area contributed by atoms with Gasteiger partial charge in [0.15, 0.2) is 5.58 Å². The van der Waals surface area contributed by atoms with Crippen LogP contribution >= 0.6 is 0 Å². The summed E-state index contributed by atoms with van der Waals surface area (Å²) in [4.78, 5) is 11.5. The van der Waals surface area contributed by atoms with Gasteiger partial charge in [0.2, 0.25) is 0 Å². The van der Waals surface area contributed by atoms with E-state index in [1.54, 1.807) is 7.05 Å². The quantitative estimate of drug-likeness (QED) is 0.742. The maximum atomic E-state index is 11.5. The van der Waals surface area contributed by atoms with Gasteiger partial charge in [0.25, 0.3) is 0 Å². The van der Waals surface area contributed by atoms with E-state index in [4.69, 9.17) is 9.68 Å². The number of fused-ring (bicyclic) bond motifs is 1. The van der Waals surface area contributed by atoms with E-state index in [2.05, 4.69) is 6.07 Å². The maximum absolute atomic E-state index is 11.5. The Bertz CT molecular complexity index is 911. The van der Waals surface area contributed by atoms with E-state index in [9.17, 15) is 4.79 Å². The Hall–Kier alpha value is -2.80. The Morgan fingerprint density at radius 1 is 1.18 bits per heavy atom. The van der Waals surface area contributed by atoms with Crippen LogP contribution in [0.4, 0.5) is 0 Å². The van der Waals surface area contributed by atoms with Crippen molar-refractivity contribution in [2.24, 2.45) is 13.0 Å². The van der Waals surface area contributed by atoms with Crippen LogP contribution in [0.25, 0.3) is 22.2 Å². The van der Waals surface area contributed by atoms with Gasteiger partial charge >= 0.3 is 5.76 Å². The first-order chi connectivity index (χ1) is 10.6. The number of benzene rings is 2. The van der Waals surface area contributed by atoms with E-state index >= 15 is 0 Å². The molecule has 1 aromatic heterocycles. The van der Waals surface area contributed by atoms with Crippen LogP contribution in [0.1, 0.15) is 12.5 Å². The summed E-state index contributed by atoms with van der Waals surface area (Å²) in [5, 5.41) is 8.87. The minimum absolute atomic E-state index is 0.0163. The highest BCUT2D eigenvalue weighted by atomic mass is 16.4. The first-order valence-electron chi connectivity index (χ1n) is 7.17. The molecule has 0 bridgehead atoms. The van der Waals surface area contributed by atoms with Crippen molar-refractivity contribution in [2.45, 2.75) is 13.3 Å². The molecule has 1 atom stereocenters. The first kappa shape index (κ1) is 14.2. The van der Waals surface area contributed by atoms with Gasteiger partial charge < -0.3 is 4.42 Å². The van der Waals surface area contributed by atoms with Gasteiger partial charge in [-0.3, -0.25) is 4.57 Å². The van der Waals surface area contributed by atoms with Crippen molar-refractivity contribution in [2.75, 3.05) is 0 Å². The van der Waals surface area contributed by atoms with Crippen LogP contribution in [0.15, 0.2) is 51.7 Å². The second-order valence-corrected chi connectivity index (χ2v) is 5.54. The average Bonchev–Trinajstić information content (AvgIpc) is 2.82. The van der Waals surface area contributed by atoms with Crippen molar-refractivity contribution in [3.63, 3.8) is 0 Å². The smallest absolute Gasteiger partial charge is 0.408 e. The molecule has 0 saturated heterocycles. The number of nitriles is 1. The Balaban J connectivity index is 1.95. The van der Waals surface area contributed by atoms with E-state index in [-0.39, 0.29) is 11.7 Å². The highest BCUT2D eigenvalue weighted by Crippen LogP contribution is 2.24. The summed E-state index contributed by atoms with van der Waals surface area (Å²) < 4.78 is 6.64. The number of hydrogen-bond donors (Lipinski definition) is 0. The fourth-order valence-corrected chi connectivity index (χ4v) is 2.54. The molecule has 4 nitrogen and oxygen atoms in total. The molecule has 22 heavy (non-hydrogen) atoms. The van der Waals surface area contributed by atoms with E-state index in [0.29, 0.717) is 5.58 Å². The summed E-state index contributed by atoms with van der Waals surface area (Å²) in [7, 11) is 1.70. The zero-order chi connectivity index (χ0) is 15.7. The lowest BCUT2D eigenvalue weighted by atomic mass is 9.99. The summed E-state index contributed by atoms with van der Waals surface area (Å²) in [6, 6.07) is 16.1. The second kappa shape index (κ2) is 5.53. The zero-order valence-corrected chi connectivity index (χ0v) is 12.5. The van der Waals surface area contributed by atoms with E-state index < -0.39 is 0 Å². The highest BCUT2D eigenvalue weighted by molar-refractivity contribution is 5.80. The number of aryl methyl sites for hydroxylation is 1. The standard InChI is InChI=1S/C18H16N2O2/c1-12(11-19)9-13-3-5-14(6-4-13)15-7-8-17-16(10-15)20(2)18(21)22-17/h3-8,10,12H,9H2,1-2H3/t12-/m0/s1. The van der Waals surface area contributed by atoms with E-state index in [1.807, 2.05) is 49.4 Å². The molecule has 0 aliphatic rings. The van der Waals surface area contributed by atoms with Crippen LogP contribution in [-0.2, 0) is 13.5 Å². The van der Waals surface area contributed by atoms with Gasteiger partial charge in [-0.1, -0.05) is 30.3 Å². The van der Waals surface area contributed by atoms with Crippen LogP contribution in [0.5, 0.6) is 0 Å². The summed E-state index contributed by atoms with van der Waals surface area (Å²) in [5.74, 6) is -0.337. The molecule has 0 fully saturated rings. The third-order valence-electron chi connectivity index (χ3n) is 3.84. The Kier molecular flexibility index (Phi) is 3.56. The molecule has 3 rings (SSSR count). The number of oxazole rings is 1. The molecule has 1 heterocycles. The SMILES string of the molecule is C[C@H](C#N)Cc1ccc(-c2ccc3oc(=O)n(C)c3c2)cc1. The van der Waals surface area contributed by atoms with Crippen molar-refractivity contribution < 1.29 is 4.42 Å². The van der Waals surface area contributed by atoms with Crippen LogP contribution < -0.4 is 5.76 Å². The molecule has 0 saturated carbocycles. The van der Waals surface area contributed by atoms with Gasteiger partial charge in [-0.25, -0.2) is 4.79 Å². The lowest BCUT2D eigenvalue weighted by Gasteiger charge is -2.06. The average molecular weight is 292 g/mol. The largest absolute Gasteiger partial charge is 0.419 e. The van der Waals surface area contributed by atoms with E-state index in [1.165, 1.54) is 4.57 Å². The topological polar surface area (TPSA) is 58.9 Å². The molecule has 0 aliphatic carbocycles. The molecule has 0 N–H and O–H groups in total.